The Bertz CT molecular complexity index is 772. The van der Waals surface area contributed by atoms with E-state index in [9.17, 15) is 4.79 Å². The Hall–Kier alpha value is -2.01. The van der Waals surface area contributed by atoms with E-state index in [1.165, 1.54) is 7.11 Å². The number of benzene rings is 2. The van der Waals surface area contributed by atoms with Crippen molar-refractivity contribution in [2.24, 2.45) is 0 Å². The molecule has 0 spiro atoms. The molecule has 0 radical (unpaired) electrons. The number of hydrogen-bond acceptors (Lipinski definition) is 5. The summed E-state index contributed by atoms with van der Waals surface area (Å²) in [6.07, 6.45) is 0. The molecule has 3 aromatic rings. The van der Waals surface area contributed by atoms with Crippen LogP contribution in [0.3, 0.4) is 0 Å². The fourth-order valence-electron chi connectivity index (χ4n) is 1.97. The van der Waals surface area contributed by atoms with Gasteiger partial charge < -0.3 is 14.9 Å². The highest BCUT2D eigenvalue weighted by Crippen LogP contribution is 2.41. The third kappa shape index (κ3) is 1.32. The molecule has 4 nitrogen and oxygen atoms in total. The highest BCUT2D eigenvalue weighted by molar-refractivity contribution is 7.16. The molecule has 0 bridgehead atoms. The molecule has 0 amide bonds. The van der Waals surface area contributed by atoms with E-state index in [0.29, 0.717) is 21.7 Å². The Morgan fingerprint density at radius 1 is 1.29 bits per heavy atom. The Labute approximate surface area is 100 Å². The van der Waals surface area contributed by atoms with Crippen molar-refractivity contribution >= 4 is 38.1 Å². The summed E-state index contributed by atoms with van der Waals surface area (Å²) in [5.41, 5.74) is 7.12. The van der Waals surface area contributed by atoms with Crippen molar-refractivity contribution in [3.05, 3.63) is 34.0 Å². The van der Waals surface area contributed by atoms with E-state index < -0.39 is 0 Å². The van der Waals surface area contributed by atoms with Gasteiger partial charge in [0.1, 0.15) is 4.70 Å². The fourth-order valence-corrected chi connectivity index (χ4v) is 2.79. The van der Waals surface area contributed by atoms with Crippen molar-refractivity contribution in [1.82, 2.24) is 0 Å². The minimum Gasteiger partial charge on any atom is -0.493 e. The molecule has 0 aliphatic heterocycles. The standard InChI is InChI=1S/C12H9NO3S/c1-15-10-8(13)6-4-2-3-5-7(6)9-11(10)17-12(14)16-9/h2-5H,13H2,1H3. The summed E-state index contributed by atoms with van der Waals surface area (Å²) in [5, 5.41) is 1.66. The van der Waals surface area contributed by atoms with Gasteiger partial charge in [0.15, 0.2) is 11.3 Å². The maximum absolute atomic E-state index is 11.4. The fraction of sp³-hybridized carbons (Fsp3) is 0.0833. The lowest BCUT2D eigenvalue weighted by molar-refractivity contribution is 0.422. The van der Waals surface area contributed by atoms with Crippen LogP contribution < -0.4 is 15.4 Å². The number of ether oxygens (including phenoxy) is 1. The molecule has 2 aromatic carbocycles. The lowest BCUT2D eigenvalue weighted by atomic mass is 10.1. The maximum Gasteiger partial charge on any atom is 0.396 e. The highest BCUT2D eigenvalue weighted by atomic mass is 32.1. The van der Waals surface area contributed by atoms with Crippen LogP contribution in [0.2, 0.25) is 0 Å². The topological polar surface area (TPSA) is 65.5 Å². The number of rotatable bonds is 1. The predicted octanol–water partition coefficient (Wildman–Crippen LogP) is 2.60. The Balaban J connectivity index is 2.67. The van der Waals surface area contributed by atoms with Crippen molar-refractivity contribution in [3.63, 3.8) is 0 Å². The van der Waals surface area contributed by atoms with E-state index in [-0.39, 0.29) is 4.94 Å². The zero-order valence-corrected chi connectivity index (χ0v) is 9.84. The molecule has 5 heteroatoms. The van der Waals surface area contributed by atoms with Gasteiger partial charge in [-0.25, -0.2) is 4.79 Å². The molecule has 0 saturated carbocycles. The molecule has 1 heterocycles. The zero-order chi connectivity index (χ0) is 12.0. The molecule has 0 saturated heterocycles. The second-order valence-electron chi connectivity index (χ2n) is 3.60. The van der Waals surface area contributed by atoms with Crippen molar-refractivity contribution in [2.75, 3.05) is 12.8 Å². The molecule has 17 heavy (non-hydrogen) atoms. The maximum atomic E-state index is 11.4. The van der Waals surface area contributed by atoms with Gasteiger partial charge in [0, 0.05) is 10.8 Å². The van der Waals surface area contributed by atoms with Crippen LogP contribution >= 0.6 is 11.3 Å². The molecule has 0 aliphatic carbocycles. The quantitative estimate of drug-likeness (QED) is 0.671. The average Bonchev–Trinajstić information content (AvgIpc) is 2.72. The first-order valence-electron chi connectivity index (χ1n) is 5.00. The Morgan fingerprint density at radius 3 is 2.71 bits per heavy atom. The first-order chi connectivity index (χ1) is 8.22. The minimum atomic E-state index is -0.353. The number of methoxy groups -OCH3 is 1. The molecule has 0 fully saturated rings. The van der Waals surface area contributed by atoms with E-state index in [1.807, 2.05) is 24.3 Å². The number of hydrogen-bond donors (Lipinski definition) is 1. The molecule has 3 rings (SSSR count). The number of nitrogens with two attached hydrogens (primary N) is 1. The van der Waals surface area contributed by atoms with Gasteiger partial charge in [-0.2, -0.15) is 0 Å². The summed E-state index contributed by atoms with van der Waals surface area (Å²) in [6, 6.07) is 7.52. The number of nitrogen functional groups attached to an aromatic ring is 1. The summed E-state index contributed by atoms with van der Waals surface area (Å²) >= 11 is 1.01. The lowest BCUT2D eigenvalue weighted by Crippen LogP contribution is -1.93. The summed E-state index contributed by atoms with van der Waals surface area (Å²) in [5.74, 6) is 0.509. The van der Waals surface area contributed by atoms with Crippen LogP contribution in [0.4, 0.5) is 5.69 Å². The monoisotopic (exact) mass is 247 g/mol. The number of fused-ring (bicyclic) bond motifs is 3. The van der Waals surface area contributed by atoms with Gasteiger partial charge in [0.25, 0.3) is 0 Å². The smallest absolute Gasteiger partial charge is 0.396 e. The Morgan fingerprint density at radius 2 is 2.00 bits per heavy atom. The highest BCUT2D eigenvalue weighted by Gasteiger charge is 2.16. The second-order valence-corrected chi connectivity index (χ2v) is 4.55. The zero-order valence-electron chi connectivity index (χ0n) is 9.02. The SMILES string of the molecule is COc1c(N)c2ccccc2c2oc(=O)sc12. The average molecular weight is 247 g/mol. The van der Waals surface area contributed by atoms with Crippen LogP contribution in [0.15, 0.2) is 33.5 Å². The minimum absolute atomic E-state index is 0.353. The van der Waals surface area contributed by atoms with Gasteiger partial charge in [0.2, 0.25) is 0 Å². The van der Waals surface area contributed by atoms with Crippen LogP contribution in [0, 0.1) is 0 Å². The van der Waals surface area contributed by atoms with Gasteiger partial charge in [-0.05, 0) is 11.3 Å². The van der Waals surface area contributed by atoms with Crippen molar-refractivity contribution < 1.29 is 9.15 Å². The Kier molecular flexibility index (Phi) is 2.09. The third-order valence-electron chi connectivity index (χ3n) is 2.69. The van der Waals surface area contributed by atoms with Gasteiger partial charge in [-0.15, -0.1) is 0 Å². The van der Waals surface area contributed by atoms with Crippen LogP contribution in [0.5, 0.6) is 5.75 Å². The first-order valence-corrected chi connectivity index (χ1v) is 5.82. The largest absolute Gasteiger partial charge is 0.493 e. The van der Waals surface area contributed by atoms with Gasteiger partial charge in [-0.3, -0.25) is 0 Å². The third-order valence-corrected chi connectivity index (χ3v) is 3.52. The molecule has 0 aliphatic rings. The number of anilines is 1. The van der Waals surface area contributed by atoms with E-state index in [2.05, 4.69) is 0 Å². The van der Waals surface area contributed by atoms with Gasteiger partial charge >= 0.3 is 4.94 Å². The lowest BCUT2D eigenvalue weighted by Gasteiger charge is -2.08. The molecular formula is C12H9NO3S. The van der Waals surface area contributed by atoms with Crippen LogP contribution in [-0.2, 0) is 0 Å². The van der Waals surface area contributed by atoms with Crippen molar-refractivity contribution in [2.45, 2.75) is 0 Å². The summed E-state index contributed by atoms with van der Waals surface area (Å²) in [7, 11) is 1.53. The molecule has 86 valence electrons. The normalized spacial score (nSPS) is 11.1. The second kappa shape index (κ2) is 3.49. The van der Waals surface area contributed by atoms with Crippen molar-refractivity contribution in [1.29, 1.82) is 0 Å². The van der Waals surface area contributed by atoms with Gasteiger partial charge in [0.05, 0.1) is 12.8 Å². The first kappa shape index (κ1) is 10.2. The van der Waals surface area contributed by atoms with Crippen molar-refractivity contribution in [3.8, 4) is 5.75 Å². The van der Waals surface area contributed by atoms with Crippen LogP contribution in [0.1, 0.15) is 0 Å². The van der Waals surface area contributed by atoms with Crippen LogP contribution in [-0.4, -0.2) is 7.11 Å². The molecule has 0 unspecified atom stereocenters. The summed E-state index contributed by atoms with van der Waals surface area (Å²) in [4.78, 5) is 11.0. The summed E-state index contributed by atoms with van der Waals surface area (Å²) in [6.45, 7) is 0. The van der Waals surface area contributed by atoms with Crippen LogP contribution in [0.25, 0.3) is 21.1 Å². The molecule has 1 aromatic heterocycles. The van der Waals surface area contributed by atoms with Gasteiger partial charge in [-0.1, -0.05) is 24.3 Å². The van der Waals surface area contributed by atoms with E-state index in [4.69, 9.17) is 14.9 Å². The predicted molar refractivity (Wildman–Crippen MR) is 68.8 cm³/mol. The molecular weight excluding hydrogens is 238 g/mol. The van der Waals surface area contributed by atoms with E-state index >= 15 is 0 Å². The molecule has 0 atom stereocenters. The summed E-state index contributed by atoms with van der Waals surface area (Å²) < 4.78 is 11.1. The molecule has 2 N–H and O–H groups in total. The van der Waals surface area contributed by atoms with E-state index in [1.54, 1.807) is 0 Å². The van der Waals surface area contributed by atoms with E-state index in [0.717, 1.165) is 22.1 Å².